The Morgan fingerprint density at radius 1 is 1.09 bits per heavy atom. The highest BCUT2D eigenvalue weighted by Crippen LogP contribution is 2.13. The molecule has 0 atom stereocenters. The molecule has 5 nitrogen and oxygen atoms in total. The van der Waals surface area contributed by atoms with E-state index in [2.05, 4.69) is 4.74 Å². The van der Waals surface area contributed by atoms with Gasteiger partial charge in [-0.05, 0) is 31.0 Å². The number of nitrogens with zero attached hydrogens (tertiary/aromatic N) is 1. The molecule has 0 bridgehead atoms. The van der Waals surface area contributed by atoms with Crippen LogP contribution in [0.3, 0.4) is 0 Å². The zero-order chi connectivity index (χ0) is 16.4. The van der Waals surface area contributed by atoms with Crippen molar-refractivity contribution < 1.29 is 19.1 Å². The molecule has 0 N–H and O–H groups in total. The fourth-order valence-corrected chi connectivity index (χ4v) is 2.12. The number of esters is 1. The first kappa shape index (κ1) is 18.0. The van der Waals surface area contributed by atoms with Crippen LogP contribution in [0, 0.1) is 0 Å². The van der Waals surface area contributed by atoms with Crippen LogP contribution in [0.5, 0.6) is 5.75 Å². The Morgan fingerprint density at radius 2 is 1.77 bits per heavy atom. The number of ether oxygens (including phenoxy) is 2. The molecule has 0 saturated carbocycles. The SMILES string of the molecule is CCCN(CCC(=O)OC)C(=O)Cc1ccc(OCC)cc1. The molecule has 0 saturated heterocycles. The van der Waals surface area contributed by atoms with Gasteiger partial charge in [0.1, 0.15) is 5.75 Å². The van der Waals surface area contributed by atoms with Crippen LogP contribution < -0.4 is 4.74 Å². The molecule has 0 heterocycles. The van der Waals surface area contributed by atoms with E-state index in [9.17, 15) is 9.59 Å². The number of hydrogen-bond acceptors (Lipinski definition) is 4. The summed E-state index contributed by atoms with van der Waals surface area (Å²) in [5.74, 6) is 0.527. The van der Waals surface area contributed by atoms with Crippen molar-refractivity contribution in [3.63, 3.8) is 0 Å². The van der Waals surface area contributed by atoms with Gasteiger partial charge < -0.3 is 14.4 Å². The summed E-state index contributed by atoms with van der Waals surface area (Å²) in [5, 5.41) is 0. The second-order valence-electron chi connectivity index (χ2n) is 4.96. The number of methoxy groups -OCH3 is 1. The quantitative estimate of drug-likeness (QED) is 0.658. The maximum atomic E-state index is 12.4. The molecule has 1 aromatic carbocycles. The van der Waals surface area contributed by atoms with Gasteiger partial charge in [0.25, 0.3) is 0 Å². The maximum absolute atomic E-state index is 12.4. The van der Waals surface area contributed by atoms with E-state index in [1.807, 2.05) is 38.1 Å². The van der Waals surface area contributed by atoms with Gasteiger partial charge in [-0.1, -0.05) is 19.1 Å². The lowest BCUT2D eigenvalue weighted by Crippen LogP contribution is -2.35. The van der Waals surface area contributed by atoms with Gasteiger partial charge in [0, 0.05) is 13.1 Å². The maximum Gasteiger partial charge on any atom is 0.307 e. The second-order valence-corrected chi connectivity index (χ2v) is 4.96. The van der Waals surface area contributed by atoms with Gasteiger partial charge >= 0.3 is 5.97 Å². The number of hydrogen-bond donors (Lipinski definition) is 0. The summed E-state index contributed by atoms with van der Waals surface area (Å²) < 4.78 is 10.0. The molecule has 0 fully saturated rings. The van der Waals surface area contributed by atoms with Gasteiger partial charge in [-0.3, -0.25) is 9.59 Å². The van der Waals surface area contributed by atoms with E-state index in [-0.39, 0.29) is 18.3 Å². The van der Waals surface area contributed by atoms with Crippen molar-refractivity contribution in [3.05, 3.63) is 29.8 Å². The number of carbonyl (C=O) groups excluding carboxylic acids is 2. The summed E-state index contributed by atoms with van der Waals surface area (Å²) in [6, 6.07) is 7.52. The number of carbonyl (C=O) groups is 2. The molecule has 0 radical (unpaired) electrons. The largest absolute Gasteiger partial charge is 0.494 e. The average molecular weight is 307 g/mol. The van der Waals surface area contributed by atoms with Crippen molar-refractivity contribution >= 4 is 11.9 Å². The Hall–Kier alpha value is -2.04. The van der Waals surface area contributed by atoms with Gasteiger partial charge in [0.15, 0.2) is 0 Å². The van der Waals surface area contributed by atoms with E-state index >= 15 is 0 Å². The molecule has 1 aromatic rings. The predicted octanol–water partition coefficient (Wildman–Crippen LogP) is 2.43. The molecule has 0 aliphatic rings. The Morgan fingerprint density at radius 3 is 2.32 bits per heavy atom. The van der Waals surface area contributed by atoms with E-state index in [4.69, 9.17) is 4.74 Å². The molecule has 0 aromatic heterocycles. The number of rotatable bonds is 9. The fraction of sp³-hybridized carbons (Fsp3) is 0.529. The van der Waals surface area contributed by atoms with Crippen molar-refractivity contribution in [1.29, 1.82) is 0 Å². The molecule has 0 aliphatic carbocycles. The van der Waals surface area contributed by atoms with Crippen LogP contribution in [0.1, 0.15) is 32.3 Å². The third kappa shape index (κ3) is 6.16. The minimum atomic E-state index is -0.296. The van der Waals surface area contributed by atoms with Crippen LogP contribution in [0.2, 0.25) is 0 Å². The zero-order valence-corrected chi connectivity index (χ0v) is 13.6. The Bertz CT molecular complexity index is 470. The summed E-state index contributed by atoms with van der Waals surface area (Å²) in [7, 11) is 1.36. The van der Waals surface area contributed by atoms with E-state index < -0.39 is 0 Å². The average Bonchev–Trinajstić information content (AvgIpc) is 2.53. The molecule has 1 amide bonds. The molecule has 5 heteroatoms. The number of benzene rings is 1. The van der Waals surface area contributed by atoms with Gasteiger partial charge in [-0.15, -0.1) is 0 Å². The normalized spacial score (nSPS) is 10.1. The van der Waals surface area contributed by atoms with Gasteiger partial charge in [-0.25, -0.2) is 0 Å². The van der Waals surface area contributed by atoms with Crippen molar-refractivity contribution in [2.24, 2.45) is 0 Å². The smallest absolute Gasteiger partial charge is 0.307 e. The lowest BCUT2D eigenvalue weighted by atomic mass is 10.1. The molecular formula is C17H25NO4. The van der Waals surface area contributed by atoms with Gasteiger partial charge in [0.2, 0.25) is 5.91 Å². The highest BCUT2D eigenvalue weighted by atomic mass is 16.5. The molecule has 0 aliphatic heterocycles. The zero-order valence-electron chi connectivity index (χ0n) is 13.6. The Kier molecular flexibility index (Phi) is 8.04. The molecule has 122 valence electrons. The van der Waals surface area contributed by atoms with Crippen molar-refractivity contribution in [3.8, 4) is 5.75 Å². The van der Waals surface area contributed by atoms with Crippen LogP contribution in [0.15, 0.2) is 24.3 Å². The third-order valence-electron chi connectivity index (χ3n) is 3.25. The first-order chi connectivity index (χ1) is 10.6. The highest BCUT2D eigenvalue weighted by Gasteiger charge is 2.15. The number of amides is 1. The lowest BCUT2D eigenvalue weighted by Gasteiger charge is -2.21. The summed E-state index contributed by atoms with van der Waals surface area (Å²) in [6.45, 7) is 5.61. The first-order valence-electron chi connectivity index (χ1n) is 7.67. The Balaban J connectivity index is 2.59. The molecule has 0 unspecified atom stereocenters. The highest BCUT2D eigenvalue weighted by molar-refractivity contribution is 5.79. The van der Waals surface area contributed by atoms with Crippen LogP contribution in [0.25, 0.3) is 0 Å². The van der Waals surface area contributed by atoms with Crippen LogP contribution in [-0.2, 0) is 20.7 Å². The van der Waals surface area contributed by atoms with Crippen LogP contribution >= 0.6 is 0 Å². The molecular weight excluding hydrogens is 282 g/mol. The van der Waals surface area contributed by atoms with Crippen molar-refractivity contribution in [1.82, 2.24) is 4.90 Å². The lowest BCUT2D eigenvalue weighted by molar-refractivity contribution is -0.141. The fourth-order valence-electron chi connectivity index (χ4n) is 2.12. The standard InChI is InChI=1S/C17H25NO4/c1-4-11-18(12-10-17(20)21-3)16(19)13-14-6-8-15(9-7-14)22-5-2/h6-9H,4-5,10-13H2,1-3H3. The predicted molar refractivity (Wildman–Crippen MR) is 84.8 cm³/mol. The van der Waals surface area contributed by atoms with Crippen LogP contribution in [0.4, 0.5) is 0 Å². The topological polar surface area (TPSA) is 55.8 Å². The van der Waals surface area contributed by atoms with Crippen molar-refractivity contribution in [2.75, 3.05) is 26.8 Å². The summed E-state index contributed by atoms with van der Waals surface area (Å²) in [5.41, 5.74) is 0.938. The van der Waals surface area contributed by atoms with Gasteiger partial charge in [-0.2, -0.15) is 0 Å². The van der Waals surface area contributed by atoms with E-state index in [0.717, 1.165) is 17.7 Å². The molecule has 0 spiro atoms. The van der Waals surface area contributed by atoms with E-state index in [1.165, 1.54) is 7.11 Å². The Labute approximate surface area is 132 Å². The summed E-state index contributed by atoms with van der Waals surface area (Å²) >= 11 is 0. The minimum absolute atomic E-state index is 0.0231. The van der Waals surface area contributed by atoms with Crippen molar-refractivity contribution in [2.45, 2.75) is 33.1 Å². The minimum Gasteiger partial charge on any atom is -0.494 e. The summed E-state index contributed by atoms with van der Waals surface area (Å²) in [6.07, 6.45) is 1.41. The molecule has 22 heavy (non-hydrogen) atoms. The third-order valence-corrected chi connectivity index (χ3v) is 3.25. The first-order valence-corrected chi connectivity index (χ1v) is 7.67. The second kappa shape index (κ2) is 9.82. The van der Waals surface area contributed by atoms with Gasteiger partial charge in [0.05, 0.1) is 26.6 Å². The van der Waals surface area contributed by atoms with E-state index in [1.54, 1.807) is 4.90 Å². The summed E-state index contributed by atoms with van der Waals surface area (Å²) in [4.78, 5) is 25.3. The monoisotopic (exact) mass is 307 g/mol. The molecule has 1 rings (SSSR count). The van der Waals surface area contributed by atoms with Crippen LogP contribution in [-0.4, -0.2) is 43.6 Å². The van der Waals surface area contributed by atoms with E-state index in [0.29, 0.717) is 26.1 Å².